The number of hydrogen-bond acceptors (Lipinski definition) is 5. The topological polar surface area (TPSA) is 64.5 Å². The highest BCUT2D eigenvalue weighted by molar-refractivity contribution is 5.05. The Bertz CT molecular complexity index is 349. The van der Waals surface area contributed by atoms with Gasteiger partial charge in [0.2, 0.25) is 0 Å². The summed E-state index contributed by atoms with van der Waals surface area (Å²) in [6.45, 7) is 8.00. The average Bonchev–Trinajstić information content (AvgIpc) is 2.69. The Morgan fingerprint density at radius 3 is 3.00 bits per heavy atom. The number of aromatic nitrogens is 1. The molecule has 2 heterocycles. The monoisotopic (exact) mass is 225 g/mol. The molecule has 5 nitrogen and oxygen atoms in total. The van der Waals surface area contributed by atoms with Gasteiger partial charge in [-0.3, -0.25) is 4.90 Å². The summed E-state index contributed by atoms with van der Waals surface area (Å²) in [4.78, 5) is 2.34. The molecule has 0 spiro atoms. The molecule has 5 heteroatoms. The van der Waals surface area contributed by atoms with Gasteiger partial charge in [0.25, 0.3) is 0 Å². The molecule has 1 saturated heterocycles. The van der Waals surface area contributed by atoms with Crippen LogP contribution in [0, 0.1) is 0 Å². The van der Waals surface area contributed by atoms with Gasteiger partial charge in [0.15, 0.2) is 5.76 Å². The van der Waals surface area contributed by atoms with Crippen LogP contribution in [0.1, 0.15) is 25.3 Å². The van der Waals surface area contributed by atoms with Crippen LogP contribution >= 0.6 is 0 Å². The number of nitrogens with two attached hydrogens (primary N) is 1. The maximum absolute atomic E-state index is 5.49. The largest absolute Gasteiger partial charge is 0.378 e. The minimum atomic E-state index is 0.0495. The van der Waals surface area contributed by atoms with Crippen LogP contribution in [-0.4, -0.2) is 35.4 Å². The second kappa shape index (κ2) is 4.53. The van der Waals surface area contributed by atoms with Gasteiger partial charge in [0.1, 0.15) is 0 Å². The summed E-state index contributed by atoms with van der Waals surface area (Å²) < 4.78 is 10.7. The molecule has 0 aliphatic carbocycles. The van der Waals surface area contributed by atoms with Gasteiger partial charge in [0, 0.05) is 24.7 Å². The van der Waals surface area contributed by atoms with E-state index in [1.54, 1.807) is 0 Å². The number of hydrogen-bond donors (Lipinski definition) is 1. The fraction of sp³-hybridized carbons (Fsp3) is 0.727. The SMILES string of the molecule is CC1(C)COCCN1Cc1cc(CN)no1. The fourth-order valence-electron chi connectivity index (χ4n) is 1.90. The van der Waals surface area contributed by atoms with Crippen molar-refractivity contribution in [2.45, 2.75) is 32.5 Å². The highest BCUT2D eigenvalue weighted by atomic mass is 16.5. The number of nitrogens with zero attached hydrogens (tertiary/aromatic N) is 2. The van der Waals surface area contributed by atoms with E-state index in [4.69, 9.17) is 15.0 Å². The number of ether oxygens (including phenoxy) is 1. The van der Waals surface area contributed by atoms with Crippen LogP contribution in [0.15, 0.2) is 10.6 Å². The zero-order chi connectivity index (χ0) is 11.6. The summed E-state index contributed by atoms with van der Waals surface area (Å²) in [6.07, 6.45) is 0. The molecular formula is C11H19N3O2. The number of morpholine rings is 1. The number of rotatable bonds is 3. The lowest BCUT2D eigenvalue weighted by Gasteiger charge is -2.41. The summed E-state index contributed by atoms with van der Waals surface area (Å²) in [5, 5.41) is 3.89. The molecule has 0 saturated carbocycles. The Morgan fingerprint density at radius 2 is 2.38 bits per heavy atom. The van der Waals surface area contributed by atoms with Crippen molar-refractivity contribution in [1.29, 1.82) is 0 Å². The van der Waals surface area contributed by atoms with Crippen LogP contribution in [0.5, 0.6) is 0 Å². The van der Waals surface area contributed by atoms with Crippen molar-refractivity contribution in [2.75, 3.05) is 19.8 Å². The molecule has 0 aromatic carbocycles. The first-order valence-corrected chi connectivity index (χ1v) is 5.59. The van der Waals surface area contributed by atoms with E-state index >= 15 is 0 Å². The summed E-state index contributed by atoms with van der Waals surface area (Å²) in [7, 11) is 0. The molecule has 1 aromatic heterocycles. The molecule has 90 valence electrons. The molecule has 2 rings (SSSR count). The first-order chi connectivity index (χ1) is 7.62. The van der Waals surface area contributed by atoms with Gasteiger partial charge in [-0.25, -0.2) is 0 Å². The minimum Gasteiger partial charge on any atom is -0.378 e. The van der Waals surface area contributed by atoms with Gasteiger partial charge >= 0.3 is 0 Å². The van der Waals surface area contributed by atoms with Crippen LogP contribution in [0.25, 0.3) is 0 Å². The second-order valence-corrected chi connectivity index (χ2v) is 4.78. The molecule has 0 radical (unpaired) electrons. The highest BCUT2D eigenvalue weighted by Crippen LogP contribution is 2.21. The van der Waals surface area contributed by atoms with Crippen molar-refractivity contribution in [3.63, 3.8) is 0 Å². The van der Waals surface area contributed by atoms with Crippen LogP contribution in [0.4, 0.5) is 0 Å². The lowest BCUT2D eigenvalue weighted by Crippen LogP contribution is -2.52. The van der Waals surface area contributed by atoms with Crippen molar-refractivity contribution < 1.29 is 9.26 Å². The second-order valence-electron chi connectivity index (χ2n) is 4.78. The Hall–Kier alpha value is -0.910. The maximum Gasteiger partial charge on any atom is 0.151 e. The van der Waals surface area contributed by atoms with E-state index in [9.17, 15) is 0 Å². The van der Waals surface area contributed by atoms with Crippen molar-refractivity contribution in [3.8, 4) is 0 Å². The van der Waals surface area contributed by atoms with E-state index in [0.29, 0.717) is 6.54 Å². The van der Waals surface area contributed by atoms with E-state index in [1.807, 2.05) is 6.07 Å². The van der Waals surface area contributed by atoms with Crippen LogP contribution in [0.2, 0.25) is 0 Å². The molecule has 0 amide bonds. The molecule has 0 unspecified atom stereocenters. The first kappa shape index (κ1) is 11.6. The van der Waals surface area contributed by atoms with E-state index in [2.05, 4.69) is 23.9 Å². The third kappa shape index (κ3) is 2.42. The standard InChI is InChI=1S/C11H19N3O2/c1-11(2)8-15-4-3-14(11)7-10-5-9(6-12)13-16-10/h5H,3-4,6-8,12H2,1-2H3. The fourth-order valence-corrected chi connectivity index (χ4v) is 1.90. The van der Waals surface area contributed by atoms with Gasteiger partial charge in [-0.05, 0) is 13.8 Å². The molecule has 1 aliphatic rings. The summed E-state index contributed by atoms with van der Waals surface area (Å²) in [5.41, 5.74) is 6.35. The predicted octanol–water partition coefficient (Wildman–Crippen LogP) is 0.744. The van der Waals surface area contributed by atoms with Crippen molar-refractivity contribution in [1.82, 2.24) is 10.1 Å². The Morgan fingerprint density at radius 1 is 1.56 bits per heavy atom. The normalized spacial score (nSPS) is 21.2. The van der Waals surface area contributed by atoms with Gasteiger partial charge in [-0.15, -0.1) is 0 Å². The molecule has 2 N–H and O–H groups in total. The molecule has 0 bridgehead atoms. The third-order valence-electron chi connectivity index (χ3n) is 2.98. The summed E-state index contributed by atoms with van der Waals surface area (Å²) in [5.74, 6) is 0.871. The van der Waals surface area contributed by atoms with Crippen LogP contribution in [0.3, 0.4) is 0 Å². The minimum absolute atomic E-state index is 0.0495. The van der Waals surface area contributed by atoms with Crippen LogP contribution in [-0.2, 0) is 17.8 Å². The Kier molecular flexibility index (Phi) is 3.28. The third-order valence-corrected chi connectivity index (χ3v) is 2.98. The predicted molar refractivity (Wildman–Crippen MR) is 59.7 cm³/mol. The Balaban J connectivity index is 2.02. The smallest absolute Gasteiger partial charge is 0.151 e. The van der Waals surface area contributed by atoms with Crippen molar-refractivity contribution in [2.24, 2.45) is 5.73 Å². The first-order valence-electron chi connectivity index (χ1n) is 5.59. The lowest BCUT2D eigenvalue weighted by atomic mass is 10.0. The van der Waals surface area contributed by atoms with Crippen LogP contribution < -0.4 is 5.73 Å². The zero-order valence-corrected chi connectivity index (χ0v) is 9.90. The van der Waals surface area contributed by atoms with E-state index in [1.165, 1.54) is 0 Å². The van der Waals surface area contributed by atoms with Gasteiger partial charge < -0.3 is 15.0 Å². The van der Waals surface area contributed by atoms with E-state index in [0.717, 1.165) is 37.8 Å². The van der Waals surface area contributed by atoms with E-state index < -0.39 is 0 Å². The van der Waals surface area contributed by atoms with E-state index in [-0.39, 0.29) is 5.54 Å². The maximum atomic E-state index is 5.49. The lowest BCUT2D eigenvalue weighted by molar-refractivity contribution is -0.0582. The van der Waals surface area contributed by atoms with Gasteiger partial charge in [0.05, 0.1) is 25.5 Å². The zero-order valence-electron chi connectivity index (χ0n) is 9.90. The Labute approximate surface area is 95.5 Å². The molecule has 1 aromatic rings. The van der Waals surface area contributed by atoms with Gasteiger partial charge in [-0.1, -0.05) is 5.16 Å². The summed E-state index contributed by atoms with van der Waals surface area (Å²) in [6, 6.07) is 1.92. The van der Waals surface area contributed by atoms with Crippen molar-refractivity contribution in [3.05, 3.63) is 17.5 Å². The van der Waals surface area contributed by atoms with Gasteiger partial charge in [-0.2, -0.15) is 0 Å². The molecule has 1 aliphatic heterocycles. The van der Waals surface area contributed by atoms with Crippen molar-refractivity contribution >= 4 is 0 Å². The average molecular weight is 225 g/mol. The molecule has 1 fully saturated rings. The molecule has 16 heavy (non-hydrogen) atoms. The quantitative estimate of drug-likeness (QED) is 0.822. The summed E-state index contributed by atoms with van der Waals surface area (Å²) >= 11 is 0. The highest BCUT2D eigenvalue weighted by Gasteiger charge is 2.31. The molecular weight excluding hydrogens is 206 g/mol. The molecule has 0 atom stereocenters.